The minimum atomic E-state index is -0.941. The Hall–Kier alpha value is -2.67. The Morgan fingerprint density at radius 2 is 2.04 bits per heavy atom. The van der Waals surface area contributed by atoms with Gasteiger partial charge in [0.2, 0.25) is 0 Å². The van der Waals surface area contributed by atoms with Crippen LogP contribution in [0.15, 0.2) is 42.5 Å². The maximum absolute atomic E-state index is 11.3. The number of rotatable bonds is 4. The fourth-order valence-electron chi connectivity index (χ4n) is 2.54. The fourth-order valence-corrected chi connectivity index (χ4v) is 4.43. The van der Waals surface area contributed by atoms with Crippen molar-refractivity contribution in [2.75, 3.05) is 0 Å². The van der Waals surface area contributed by atoms with E-state index in [2.05, 4.69) is 11.1 Å². The molecule has 5 heteroatoms. The molecule has 124 valence electrons. The fraction of sp³-hybridized carbons (Fsp3) is 0.150. The zero-order valence-corrected chi connectivity index (χ0v) is 15.2. The van der Waals surface area contributed by atoms with Crippen LogP contribution >= 0.6 is 0 Å². The van der Waals surface area contributed by atoms with Crippen LogP contribution in [0.3, 0.4) is 0 Å². The molecule has 0 radical (unpaired) electrons. The molecule has 0 spiro atoms. The first-order chi connectivity index (χ1) is 12.9. The molecule has 1 atom stereocenters. The van der Waals surface area contributed by atoms with E-state index in [9.17, 15) is 15.2 Å². The third-order valence-corrected chi connectivity index (χ3v) is 6.34. The number of hydrogen-bond acceptors (Lipinski definition) is 3. The van der Waals surface area contributed by atoms with Gasteiger partial charge in [-0.15, -0.1) is 0 Å². The summed E-state index contributed by atoms with van der Waals surface area (Å²) >= 11 is -0.384. The number of nitriles is 1. The molecule has 3 aromatic rings. The van der Waals surface area contributed by atoms with Crippen molar-refractivity contribution < 1.29 is 12.6 Å². The van der Waals surface area contributed by atoms with E-state index in [1.807, 2.05) is 36.4 Å². The number of aromatic nitrogens is 1. The Morgan fingerprint density at radius 3 is 2.64 bits per heavy atom. The van der Waals surface area contributed by atoms with Crippen molar-refractivity contribution in [3.63, 3.8) is 0 Å². The summed E-state index contributed by atoms with van der Waals surface area (Å²) in [4.78, 5) is 15.6. The second-order valence-corrected chi connectivity index (χ2v) is 7.53. The van der Waals surface area contributed by atoms with Crippen molar-refractivity contribution >= 4 is 20.5 Å². The molecule has 1 aromatic heterocycles. The van der Waals surface area contributed by atoms with Crippen LogP contribution in [0.2, 0.25) is 0 Å². The van der Waals surface area contributed by atoms with Crippen LogP contribution in [0, 0.1) is 18.3 Å². The number of aromatic carboxylic acids is 1. The molecule has 25 heavy (non-hydrogen) atoms. The minimum absolute atomic E-state index is 0.00708. The Labute approximate surface area is 155 Å². The molecular weight excluding hydrogens is 379 g/mol. The molecule has 0 saturated heterocycles. The van der Waals surface area contributed by atoms with Gasteiger partial charge in [-0.25, -0.2) is 0 Å². The Balaban J connectivity index is 1.99. The van der Waals surface area contributed by atoms with E-state index in [0.717, 1.165) is 22.3 Å². The molecule has 0 amide bonds. The predicted molar refractivity (Wildman–Crippen MR) is 97.8 cm³/mol. The Bertz CT molecular complexity index is 1040. The number of nitrogens with zero attached hydrogens (tertiary/aromatic N) is 2. The van der Waals surface area contributed by atoms with Crippen molar-refractivity contribution in [1.29, 1.82) is 5.26 Å². The molecule has 4 nitrogen and oxygen atoms in total. The molecule has 0 fully saturated rings. The van der Waals surface area contributed by atoms with E-state index in [4.69, 9.17) is 2.74 Å². The van der Waals surface area contributed by atoms with Gasteiger partial charge in [0.05, 0.1) is 0 Å². The van der Waals surface area contributed by atoms with Crippen LogP contribution < -0.4 is 0 Å². The summed E-state index contributed by atoms with van der Waals surface area (Å²) in [5.74, 6) is -0.941. The van der Waals surface area contributed by atoms with Crippen molar-refractivity contribution in [3.8, 4) is 27.3 Å². The number of hydrogen-bond donors (Lipinski definition) is 1. The van der Waals surface area contributed by atoms with E-state index in [1.165, 1.54) is 0 Å². The van der Waals surface area contributed by atoms with Crippen LogP contribution in [0.1, 0.15) is 35.7 Å². The van der Waals surface area contributed by atoms with Gasteiger partial charge in [0.15, 0.2) is 0 Å². The Morgan fingerprint density at radius 1 is 1.32 bits per heavy atom. The van der Waals surface area contributed by atoms with E-state index >= 15 is 0 Å². The molecule has 1 N–H and O–H groups in total. The van der Waals surface area contributed by atoms with Crippen LogP contribution in [0.25, 0.3) is 21.3 Å². The molecule has 1 heterocycles. The molecule has 0 aliphatic rings. The number of carboxylic acid groups (broad SMARTS) is 1. The molecule has 2 aromatic carbocycles. The molecule has 3 rings (SSSR count). The van der Waals surface area contributed by atoms with Gasteiger partial charge in [0.25, 0.3) is 0 Å². The van der Waals surface area contributed by atoms with Gasteiger partial charge >= 0.3 is 155 Å². The zero-order valence-electron chi connectivity index (χ0n) is 15.5. The maximum atomic E-state index is 11.3. The normalized spacial score (nSPS) is 12.8. The van der Waals surface area contributed by atoms with Gasteiger partial charge in [-0.3, -0.25) is 0 Å². The predicted octanol–water partition coefficient (Wildman–Crippen LogP) is 3.91. The summed E-state index contributed by atoms with van der Waals surface area (Å²) in [6.45, 7) is 1.70. The van der Waals surface area contributed by atoms with Crippen LogP contribution in [0.5, 0.6) is 0 Å². The Kier molecular flexibility index (Phi) is 4.14. The first-order valence-corrected chi connectivity index (χ1v) is 9.23. The standard InChI is InChI=1S/C20H16N2O2Se/c1-3-13-4-6-14(7-5-13)17-9-8-15(10-16(17)11-21)19-22-12(2)18(25-19)20(23)24/h4-10H,3H2,1-2H3,(H,23,24)/i1D,3D. The van der Waals surface area contributed by atoms with Crippen molar-refractivity contribution in [3.05, 3.63) is 63.7 Å². The number of carboxylic acids is 1. The second-order valence-electron chi connectivity index (χ2n) is 5.44. The summed E-state index contributed by atoms with van der Waals surface area (Å²) in [7, 11) is 0. The van der Waals surface area contributed by atoms with Crippen LogP contribution in [0.4, 0.5) is 0 Å². The first-order valence-electron chi connectivity index (χ1n) is 8.80. The molecule has 0 aliphatic heterocycles. The number of benzene rings is 2. The summed E-state index contributed by atoms with van der Waals surface area (Å²) < 4.78 is 16.2. The molecule has 0 aliphatic carbocycles. The van der Waals surface area contributed by atoms with E-state index in [-0.39, 0.29) is 21.4 Å². The van der Waals surface area contributed by atoms with Crippen LogP contribution in [-0.2, 0) is 6.40 Å². The number of aryl methyl sites for hydroxylation is 2. The van der Waals surface area contributed by atoms with Gasteiger partial charge in [0.1, 0.15) is 0 Å². The van der Waals surface area contributed by atoms with Gasteiger partial charge in [-0.1, -0.05) is 0 Å². The second kappa shape index (κ2) is 7.06. The van der Waals surface area contributed by atoms with Crippen LogP contribution in [-0.4, -0.2) is 30.6 Å². The number of carbonyl (C=O) groups is 1. The van der Waals surface area contributed by atoms with Crippen molar-refractivity contribution in [1.82, 2.24) is 4.98 Å². The summed E-state index contributed by atoms with van der Waals surface area (Å²) in [6, 6.07) is 15.0. The summed E-state index contributed by atoms with van der Waals surface area (Å²) in [5, 5.41) is 18.8. The van der Waals surface area contributed by atoms with E-state index in [0.29, 0.717) is 20.3 Å². The van der Waals surface area contributed by atoms with Gasteiger partial charge < -0.3 is 0 Å². The molecule has 0 bridgehead atoms. The third-order valence-electron chi connectivity index (χ3n) is 3.84. The average Bonchev–Trinajstić information content (AvgIpc) is 3.09. The SMILES string of the molecule is [2H]CC([2H])c1ccc(-c2ccc(-c3nc(C)c(C(=O)O)[se]3)cc2C#N)cc1. The molecule has 0 saturated carbocycles. The van der Waals surface area contributed by atoms with E-state index < -0.39 is 12.4 Å². The van der Waals surface area contributed by atoms with Crippen molar-refractivity contribution in [2.24, 2.45) is 0 Å². The van der Waals surface area contributed by atoms with E-state index in [1.54, 1.807) is 13.0 Å². The summed E-state index contributed by atoms with van der Waals surface area (Å²) in [6.07, 6.45) is -0.571. The zero-order chi connectivity index (χ0) is 19.6. The topological polar surface area (TPSA) is 74.0 Å². The summed E-state index contributed by atoms with van der Waals surface area (Å²) in [5.41, 5.74) is 4.18. The van der Waals surface area contributed by atoms with Crippen molar-refractivity contribution in [2.45, 2.75) is 20.2 Å². The molecule has 1 unspecified atom stereocenters. The van der Waals surface area contributed by atoms with Gasteiger partial charge in [-0.05, 0) is 0 Å². The van der Waals surface area contributed by atoms with Gasteiger partial charge in [0, 0.05) is 0 Å². The quantitative estimate of drug-likeness (QED) is 0.678. The van der Waals surface area contributed by atoms with Gasteiger partial charge in [-0.2, -0.15) is 0 Å². The third kappa shape index (κ3) is 3.41. The monoisotopic (exact) mass is 398 g/mol. The first kappa shape index (κ1) is 14.7. The molecular formula is C20H16N2O2Se. The average molecular weight is 397 g/mol.